The van der Waals surface area contributed by atoms with Crippen molar-refractivity contribution >= 4 is 15.9 Å². The number of halogens is 1. The van der Waals surface area contributed by atoms with E-state index in [1.807, 2.05) is 18.2 Å². The highest BCUT2D eigenvalue weighted by atomic mass is 79.9. The summed E-state index contributed by atoms with van der Waals surface area (Å²) in [5.41, 5.74) is 1.33. The molecule has 1 unspecified atom stereocenters. The van der Waals surface area contributed by atoms with Crippen molar-refractivity contribution in [1.29, 1.82) is 5.26 Å². The van der Waals surface area contributed by atoms with Crippen LogP contribution in [0.4, 0.5) is 0 Å². The van der Waals surface area contributed by atoms with Crippen LogP contribution in [0.3, 0.4) is 0 Å². The van der Waals surface area contributed by atoms with Gasteiger partial charge in [0.25, 0.3) is 0 Å². The molecule has 4 heteroatoms. The molecular weight excluding hydrogens is 282 g/mol. The van der Waals surface area contributed by atoms with Crippen molar-refractivity contribution in [3.8, 4) is 6.07 Å². The van der Waals surface area contributed by atoms with Crippen molar-refractivity contribution in [3.05, 3.63) is 33.8 Å². The first-order valence-corrected chi connectivity index (χ1v) is 6.46. The number of ether oxygens (including phenoxy) is 1. The molecule has 1 atom stereocenters. The second-order valence-corrected chi connectivity index (χ2v) is 5.08. The maximum absolute atomic E-state index is 9.38. The third-order valence-corrected chi connectivity index (χ3v) is 3.57. The number of benzene rings is 1. The van der Waals surface area contributed by atoms with Gasteiger partial charge in [-0.05, 0) is 37.0 Å². The van der Waals surface area contributed by atoms with E-state index in [-0.39, 0.29) is 6.61 Å². The molecule has 0 saturated heterocycles. The molecule has 1 N–H and O–H groups in total. The van der Waals surface area contributed by atoms with Crippen LogP contribution in [-0.4, -0.2) is 18.3 Å². The molecular formula is C13H14BrNO2. The summed E-state index contributed by atoms with van der Waals surface area (Å²) in [5.74, 6) is 0. The lowest BCUT2D eigenvalue weighted by Gasteiger charge is -2.22. The summed E-state index contributed by atoms with van der Waals surface area (Å²) in [4.78, 5) is 0. The lowest BCUT2D eigenvalue weighted by atomic mass is 9.97. The Kier molecular flexibility index (Phi) is 3.82. The van der Waals surface area contributed by atoms with Gasteiger partial charge in [0.1, 0.15) is 6.07 Å². The average molecular weight is 296 g/mol. The molecule has 17 heavy (non-hydrogen) atoms. The Bertz CT molecular complexity index is 455. The molecule has 0 radical (unpaired) electrons. The van der Waals surface area contributed by atoms with E-state index in [9.17, 15) is 5.26 Å². The standard InChI is InChI=1S/C13H14BrNO2/c14-11-2-3-12-10(8-11)4-5-13(12,9-15)17-7-1-6-16/h2-3,8,16H,1,4-7H2. The van der Waals surface area contributed by atoms with Crippen molar-refractivity contribution in [2.24, 2.45) is 0 Å². The van der Waals surface area contributed by atoms with Gasteiger partial charge in [-0.3, -0.25) is 0 Å². The molecule has 2 rings (SSSR count). The number of aliphatic hydroxyl groups excluding tert-OH is 1. The number of nitriles is 1. The Morgan fingerprint density at radius 2 is 2.35 bits per heavy atom. The number of hydrogen-bond acceptors (Lipinski definition) is 3. The van der Waals surface area contributed by atoms with E-state index in [1.54, 1.807) is 0 Å². The van der Waals surface area contributed by atoms with Gasteiger partial charge < -0.3 is 9.84 Å². The van der Waals surface area contributed by atoms with E-state index in [1.165, 1.54) is 5.56 Å². The Morgan fingerprint density at radius 3 is 3.06 bits per heavy atom. The minimum Gasteiger partial charge on any atom is -0.396 e. The Morgan fingerprint density at radius 1 is 1.53 bits per heavy atom. The van der Waals surface area contributed by atoms with E-state index >= 15 is 0 Å². The van der Waals surface area contributed by atoms with Crippen LogP contribution in [-0.2, 0) is 16.8 Å². The molecule has 0 aliphatic heterocycles. The monoisotopic (exact) mass is 295 g/mol. The van der Waals surface area contributed by atoms with Gasteiger partial charge in [-0.1, -0.05) is 22.0 Å². The zero-order chi connectivity index (χ0) is 12.3. The molecule has 0 amide bonds. The van der Waals surface area contributed by atoms with Crippen molar-refractivity contribution in [2.75, 3.05) is 13.2 Å². The lowest BCUT2D eigenvalue weighted by Crippen LogP contribution is -2.25. The van der Waals surface area contributed by atoms with Crippen LogP contribution in [0.2, 0.25) is 0 Å². The Balaban J connectivity index is 2.25. The molecule has 0 heterocycles. The summed E-state index contributed by atoms with van der Waals surface area (Å²) in [5, 5.41) is 18.1. The summed E-state index contributed by atoms with van der Waals surface area (Å²) < 4.78 is 6.74. The van der Waals surface area contributed by atoms with Gasteiger partial charge in [-0.2, -0.15) is 5.26 Å². The molecule has 90 valence electrons. The normalized spacial score (nSPS) is 22.2. The first-order valence-electron chi connectivity index (χ1n) is 5.67. The number of rotatable bonds is 4. The summed E-state index contributed by atoms with van der Waals surface area (Å²) in [6.45, 7) is 0.508. The van der Waals surface area contributed by atoms with Crippen LogP contribution in [0.1, 0.15) is 24.0 Å². The number of fused-ring (bicyclic) bond motifs is 1. The summed E-state index contributed by atoms with van der Waals surface area (Å²) >= 11 is 3.43. The molecule has 0 bridgehead atoms. The SMILES string of the molecule is N#CC1(OCCCO)CCc2cc(Br)ccc21. The highest BCUT2D eigenvalue weighted by molar-refractivity contribution is 9.10. The fraction of sp³-hybridized carbons (Fsp3) is 0.462. The molecule has 1 aliphatic rings. The van der Waals surface area contributed by atoms with Gasteiger partial charge >= 0.3 is 0 Å². The Hall–Kier alpha value is -0.890. The second kappa shape index (κ2) is 5.18. The van der Waals surface area contributed by atoms with Gasteiger partial charge in [-0.25, -0.2) is 0 Å². The molecule has 1 aliphatic carbocycles. The molecule has 0 saturated carbocycles. The highest BCUT2D eigenvalue weighted by Crippen LogP contribution is 2.40. The van der Waals surface area contributed by atoms with Gasteiger partial charge in [0.15, 0.2) is 5.60 Å². The van der Waals surface area contributed by atoms with Gasteiger partial charge in [-0.15, -0.1) is 0 Å². The number of aryl methyl sites for hydroxylation is 1. The van der Waals surface area contributed by atoms with Crippen LogP contribution in [0.5, 0.6) is 0 Å². The zero-order valence-electron chi connectivity index (χ0n) is 9.45. The van der Waals surface area contributed by atoms with Crippen LogP contribution in [0.15, 0.2) is 22.7 Å². The average Bonchev–Trinajstić information content (AvgIpc) is 2.68. The predicted molar refractivity (Wildman–Crippen MR) is 67.4 cm³/mol. The quantitative estimate of drug-likeness (QED) is 0.869. The molecule has 3 nitrogen and oxygen atoms in total. The number of nitrogens with zero attached hydrogens (tertiary/aromatic N) is 1. The van der Waals surface area contributed by atoms with E-state index in [0.29, 0.717) is 19.4 Å². The first-order chi connectivity index (χ1) is 8.22. The van der Waals surface area contributed by atoms with E-state index in [2.05, 4.69) is 22.0 Å². The third kappa shape index (κ3) is 2.37. The van der Waals surface area contributed by atoms with E-state index < -0.39 is 5.60 Å². The van der Waals surface area contributed by atoms with Gasteiger partial charge in [0.2, 0.25) is 0 Å². The fourth-order valence-corrected chi connectivity index (χ4v) is 2.63. The molecule has 1 aromatic rings. The smallest absolute Gasteiger partial charge is 0.180 e. The third-order valence-electron chi connectivity index (χ3n) is 3.08. The van der Waals surface area contributed by atoms with E-state index in [4.69, 9.17) is 9.84 Å². The second-order valence-electron chi connectivity index (χ2n) is 4.17. The van der Waals surface area contributed by atoms with Gasteiger partial charge in [0.05, 0.1) is 6.61 Å². The van der Waals surface area contributed by atoms with Crippen molar-refractivity contribution in [1.82, 2.24) is 0 Å². The minimum absolute atomic E-state index is 0.0920. The van der Waals surface area contributed by atoms with Crippen molar-refractivity contribution in [2.45, 2.75) is 24.9 Å². The van der Waals surface area contributed by atoms with Crippen LogP contribution >= 0.6 is 15.9 Å². The maximum atomic E-state index is 9.38. The van der Waals surface area contributed by atoms with E-state index in [0.717, 1.165) is 16.5 Å². The van der Waals surface area contributed by atoms with Crippen molar-refractivity contribution in [3.63, 3.8) is 0 Å². The molecule has 0 spiro atoms. The fourth-order valence-electron chi connectivity index (χ4n) is 2.22. The van der Waals surface area contributed by atoms with Crippen LogP contribution < -0.4 is 0 Å². The summed E-state index contributed by atoms with van der Waals surface area (Å²) in [6.07, 6.45) is 2.12. The van der Waals surface area contributed by atoms with Crippen molar-refractivity contribution < 1.29 is 9.84 Å². The number of hydrogen-bond donors (Lipinski definition) is 1. The first kappa shape index (κ1) is 12.6. The zero-order valence-corrected chi connectivity index (χ0v) is 11.0. The lowest BCUT2D eigenvalue weighted by molar-refractivity contribution is -0.0107. The Labute approximate surface area is 109 Å². The minimum atomic E-state index is -0.814. The summed E-state index contributed by atoms with van der Waals surface area (Å²) in [6, 6.07) is 8.23. The number of aliphatic hydroxyl groups is 1. The largest absolute Gasteiger partial charge is 0.396 e. The molecule has 0 aromatic heterocycles. The summed E-state index contributed by atoms with van der Waals surface area (Å²) in [7, 11) is 0. The topological polar surface area (TPSA) is 53.2 Å². The highest BCUT2D eigenvalue weighted by Gasteiger charge is 2.40. The van der Waals surface area contributed by atoms with Crippen LogP contribution in [0.25, 0.3) is 0 Å². The van der Waals surface area contributed by atoms with Crippen LogP contribution in [0, 0.1) is 11.3 Å². The molecule has 0 fully saturated rings. The van der Waals surface area contributed by atoms with Gasteiger partial charge in [0, 0.05) is 16.6 Å². The maximum Gasteiger partial charge on any atom is 0.180 e. The predicted octanol–water partition coefficient (Wildman–Crippen LogP) is 2.51. The molecule has 1 aromatic carbocycles.